The van der Waals surface area contributed by atoms with Gasteiger partial charge >= 0.3 is 6.01 Å². The molecule has 0 saturated heterocycles. The topological polar surface area (TPSA) is 51.1 Å². The van der Waals surface area contributed by atoms with Gasteiger partial charge in [-0.3, -0.25) is 0 Å². The van der Waals surface area contributed by atoms with Crippen molar-refractivity contribution >= 4 is 23.2 Å². The minimum absolute atomic E-state index is 0.140. The zero-order chi connectivity index (χ0) is 15.1. The van der Waals surface area contributed by atoms with Crippen molar-refractivity contribution in [3.8, 4) is 6.01 Å². The predicted octanol–water partition coefficient (Wildman–Crippen LogP) is 3.86. The number of halogens is 1. The van der Waals surface area contributed by atoms with Gasteiger partial charge in [0, 0.05) is 12.2 Å². The number of benzene rings is 1. The molecule has 112 valence electrons. The fourth-order valence-electron chi connectivity index (χ4n) is 1.91. The molecule has 0 spiro atoms. The normalized spacial score (nSPS) is 10.4. The number of rotatable bonds is 7. The van der Waals surface area contributed by atoms with Crippen molar-refractivity contribution in [2.75, 3.05) is 18.1 Å². The molecule has 2 rings (SSSR count). The lowest BCUT2D eigenvalue weighted by atomic mass is 10.2. The van der Waals surface area contributed by atoms with Gasteiger partial charge < -0.3 is 9.64 Å². The molecule has 2 aromatic rings. The quantitative estimate of drug-likeness (QED) is 0.777. The fourth-order valence-corrected chi connectivity index (χ4v) is 2.05. The molecule has 0 aliphatic carbocycles. The lowest BCUT2D eigenvalue weighted by molar-refractivity contribution is 0.311. The van der Waals surface area contributed by atoms with E-state index in [-0.39, 0.29) is 11.3 Å². The highest BCUT2D eigenvalue weighted by molar-refractivity contribution is 6.28. The average Bonchev–Trinajstić information content (AvgIpc) is 2.48. The summed E-state index contributed by atoms with van der Waals surface area (Å²) in [6.45, 7) is 5.32. The van der Waals surface area contributed by atoms with Gasteiger partial charge in [0.1, 0.15) is 0 Å². The van der Waals surface area contributed by atoms with Crippen LogP contribution in [0.3, 0.4) is 0 Å². The minimum atomic E-state index is 0.140. The molecule has 1 heterocycles. The minimum Gasteiger partial charge on any atom is -0.464 e. The van der Waals surface area contributed by atoms with Crippen molar-refractivity contribution in [1.82, 2.24) is 15.0 Å². The van der Waals surface area contributed by atoms with Crippen LogP contribution in [-0.2, 0) is 0 Å². The number of hydrogen-bond donors (Lipinski definition) is 0. The third-order valence-corrected chi connectivity index (χ3v) is 3.06. The summed E-state index contributed by atoms with van der Waals surface area (Å²) in [5.74, 6) is 0.512. The summed E-state index contributed by atoms with van der Waals surface area (Å²) in [4.78, 5) is 14.6. The molecule has 1 aromatic heterocycles. The van der Waals surface area contributed by atoms with Crippen LogP contribution < -0.4 is 9.64 Å². The van der Waals surface area contributed by atoms with E-state index in [2.05, 4.69) is 21.9 Å². The summed E-state index contributed by atoms with van der Waals surface area (Å²) in [5, 5.41) is 0.140. The van der Waals surface area contributed by atoms with Crippen LogP contribution in [0.5, 0.6) is 6.01 Å². The highest BCUT2D eigenvalue weighted by Crippen LogP contribution is 2.24. The molecular weight excluding hydrogens is 288 g/mol. The zero-order valence-corrected chi connectivity index (χ0v) is 13.0. The molecule has 0 bridgehead atoms. The second-order valence-electron chi connectivity index (χ2n) is 4.46. The Morgan fingerprint density at radius 2 is 1.86 bits per heavy atom. The lowest BCUT2D eigenvalue weighted by Gasteiger charge is -2.22. The van der Waals surface area contributed by atoms with Gasteiger partial charge in [-0.05, 0) is 37.1 Å². The van der Waals surface area contributed by atoms with Crippen molar-refractivity contribution in [2.45, 2.75) is 26.7 Å². The van der Waals surface area contributed by atoms with Gasteiger partial charge in [-0.15, -0.1) is 0 Å². The van der Waals surface area contributed by atoms with Crippen molar-refractivity contribution in [2.24, 2.45) is 0 Å². The lowest BCUT2D eigenvalue weighted by Crippen LogP contribution is -2.21. The summed E-state index contributed by atoms with van der Waals surface area (Å²) >= 11 is 5.98. The second-order valence-corrected chi connectivity index (χ2v) is 4.80. The maximum atomic E-state index is 5.98. The SMILES string of the molecule is CCCCN(c1ccccc1)c1nc(Cl)nc(OCC)n1. The van der Waals surface area contributed by atoms with Crippen LogP contribution in [0.4, 0.5) is 11.6 Å². The first-order chi connectivity index (χ1) is 10.2. The van der Waals surface area contributed by atoms with Crippen LogP contribution in [0.1, 0.15) is 26.7 Å². The van der Waals surface area contributed by atoms with Crippen molar-refractivity contribution in [3.63, 3.8) is 0 Å². The number of unbranched alkanes of at least 4 members (excludes halogenated alkanes) is 1. The van der Waals surface area contributed by atoms with E-state index >= 15 is 0 Å². The van der Waals surface area contributed by atoms with Gasteiger partial charge in [-0.25, -0.2) is 0 Å². The highest BCUT2D eigenvalue weighted by Gasteiger charge is 2.15. The van der Waals surface area contributed by atoms with E-state index in [1.807, 2.05) is 42.2 Å². The van der Waals surface area contributed by atoms with E-state index in [1.165, 1.54) is 0 Å². The van der Waals surface area contributed by atoms with Crippen LogP contribution in [0, 0.1) is 0 Å². The Balaban J connectivity index is 2.36. The fraction of sp³-hybridized carbons (Fsp3) is 0.400. The first-order valence-electron chi connectivity index (χ1n) is 7.11. The number of aromatic nitrogens is 3. The van der Waals surface area contributed by atoms with E-state index in [4.69, 9.17) is 16.3 Å². The van der Waals surface area contributed by atoms with E-state index < -0.39 is 0 Å². The largest absolute Gasteiger partial charge is 0.464 e. The molecule has 0 atom stereocenters. The third-order valence-electron chi connectivity index (χ3n) is 2.89. The van der Waals surface area contributed by atoms with Crippen molar-refractivity contribution < 1.29 is 4.74 Å². The summed E-state index contributed by atoms with van der Waals surface area (Å²) in [6.07, 6.45) is 2.11. The Hall–Kier alpha value is -1.88. The van der Waals surface area contributed by atoms with E-state index in [0.717, 1.165) is 25.1 Å². The monoisotopic (exact) mass is 306 g/mol. The Morgan fingerprint density at radius 3 is 2.52 bits per heavy atom. The second kappa shape index (κ2) is 7.78. The molecule has 0 N–H and O–H groups in total. The summed E-state index contributed by atoms with van der Waals surface area (Å²) < 4.78 is 5.34. The average molecular weight is 307 g/mol. The maximum Gasteiger partial charge on any atom is 0.322 e. The predicted molar refractivity (Wildman–Crippen MR) is 84.4 cm³/mol. The van der Waals surface area contributed by atoms with Crippen LogP contribution in [0.2, 0.25) is 5.28 Å². The maximum absolute atomic E-state index is 5.98. The Bertz CT molecular complexity index is 565. The molecular formula is C15H19ClN4O. The van der Waals surface area contributed by atoms with Crippen LogP contribution in [0.25, 0.3) is 0 Å². The molecule has 0 fully saturated rings. The Labute approximate surface area is 130 Å². The molecule has 0 radical (unpaired) electrons. The molecule has 0 saturated carbocycles. The molecule has 5 nitrogen and oxygen atoms in total. The molecule has 0 aliphatic heterocycles. The van der Waals surface area contributed by atoms with Gasteiger partial charge in [0.2, 0.25) is 11.2 Å². The van der Waals surface area contributed by atoms with Crippen LogP contribution in [-0.4, -0.2) is 28.1 Å². The van der Waals surface area contributed by atoms with Gasteiger partial charge in [-0.2, -0.15) is 15.0 Å². The number of anilines is 2. The third kappa shape index (κ3) is 4.29. The van der Waals surface area contributed by atoms with Gasteiger partial charge in [0.05, 0.1) is 6.61 Å². The Kier molecular flexibility index (Phi) is 5.75. The Morgan fingerprint density at radius 1 is 1.10 bits per heavy atom. The molecule has 6 heteroatoms. The highest BCUT2D eigenvalue weighted by atomic mass is 35.5. The number of hydrogen-bond acceptors (Lipinski definition) is 5. The standard InChI is InChI=1S/C15H19ClN4O/c1-3-5-11-20(12-9-7-6-8-10-12)14-17-13(16)18-15(19-14)21-4-2/h6-10H,3-5,11H2,1-2H3. The number of ether oxygens (including phenoxy) is 1. The summed E-state index contributed by atoms with van der Waals surface area (Å²) in [5.41, 5.74) is 1.02. The van der Waals surface area contributed by atoms with Crippen LogP contribution in [0.15, 0.2) is 30.3 Å². The smallest absolute Gasteiger partial charge is 0.322 e. The molecule has 0 amide bonds. The van der Waals surface area contributed by atoms with Crippen molar-refractivity contribution in [1.29, 1.82) is 0 Å². The number of nitrogens with zero attached hydrogens (tertiary/aromatic N) is 4. The van der Waals surface area contributed by atoms with E-state index in [9.17, 15) is 0 Å². The van der Waals surface area contributed by atoms with Crippen LogP contribution >= 0.6 is 11.6 Å². The van der Waals surface area contributed by atoms with E-state index in [1.54, 1.807) is 0 Å². The summed E-state index contributed by atoms with van der Waals surface area (Å²) in [7, 11) is 0. The molecule has 21 heavy (non-hydrogen) atoms. The van der Waals surface area contributed by atoms with Gasteiger partial charge in [0.25, 0.3) is 0 Å². The number of para-hydroxylation sites is 1. The van der Waals surface area contributed by atoms with Gasteiger partial charge in [-0.1, -0.05) is 31.5 Å². The molecule has 0 unspecified atom stereocenters. The first kappa shape index (κ1) is 15.5. The zero-order valence-electron chi connectivity index (χ0n) is 12.3. The van der Waals surface area contributed by atoms with Crippen molar-refractivity contribution in [3.05, 3.63) is 35.6 Å². The summed E-state index contributed by atoms with van der Waals surface area (Å²) in [6, 6.07) is 10.3. The van der Waals surface area contributed by atoms with Gasteiger partial charge in [0.15, 0.2) is 0 Å². The first-order valence-corrected chi connectivity index (χ1v) is 7.49. The molecule has 0 aliphatic rings. The van der Waals surface area contributed by atoms with E-state index in [0.29, 0.717) is 12.6 Å². The molecule has 1 aromatic carbocycles.